The van der Waals surface area contributed by atoms with Crippen LogP contribution < -0.4 is 0 Å². The van der Waals surface area contributed by atoms with Crippen LogP contribution in [0.4, 0.5) is 0 Å². The second-order valence-electron chi connectivity index (χ2n) is 17.6. The minimum Gasteiger partial charge on any atom is -0.462 e. The van der Waals surface area contributed by atoms with E-state index in [4.69, 9.17) is 9.47 Å². The Morgan fingerprint density at radius 1 is 0.407 bits per heavy atom. The highest BCUT2D eigenvalue weighted by Gasteiger charge is 2.16. The van der Waals surface area contributed by atoms with E-state index in [1.54, 1.807) is 0 Å². The fourth-order valence-electron chi connectivity index (χ4n) is 7.81. The van der Waals surface area contributed by atoms with Crippen LogP contribution in [0.2, 0.25) is 0 Å². The lowest BCUT2D eigenvalue weighted by Gasteiger charge is -2.15. The summed E-state index contributed by atoms with van der Waals surface area (Å²) in [4.78, 5) is 24.4. The highest BCUT2D eigenvalue weighted by molar-refractivity contribution is 5.70. The minimum atomic E-state index is -0.778. The first-order valence-electron chi connectivity index (χ1n) is 26.0. The average Bonchev–Trinajstić information content (AvgIpc) is 3.24. The van der Waals surface area contributed by atoms with Crippen molar-refractivity contribution in [2.24, 2.45) is 0 Å². The maximum atomic E-state index is 12.2. The Labute approximate surface area is 367 Å². The summed E-state index contributed by atoms with van der Waals surface area (Å²) in [5.41, 5.74) is 0. The Balaban J connectivity index is 3.41. The standard InChI is InChI=1S/C54H100O5/c1-3-5-7-9-11-13-15-17-19-20-21-22-23-24-25-26-27-28-29-30-31-32-33-35-36-38-40-42-44-46-48-53(56)58-51-52(50-55)59-54(57)49-47-45-43-41-39-37-34-18-16-14-12-10-8-6-4-2/h6,8,12,14,18,34,52,55H,3-5,7,9-11,13,15-17,19-33,35-51H2,1-2H3/b8-6-,14-12-,34-18-. The molecule has 0 aliphatic carbocycles. The first kappa shape index (κ1) is 57.1. The third-order valence-corrected chi connectivity index (χ3v) is 11.7. The maximum Gasteiger partial charge on any atom is 0.306 e. The molecule has 1 atom stereocenters. The van der Waals surface area contributed by atoms with E-state index < -0.39 is 6.10 Å². The lowest BCUT2D eigenvalue weighted by molar-refractivity contribution is -0.161. The molecular weight excluding hydrogens is 729 g/mol. The molecule has 0 fully saturated rings. The van der Waals surface area contributed by atoms with Crippen LogP contribution in [0, 0.1) is 0 Å². The largest absolute Gasteiger partial charge is 0.462 e. The van der Waals surface area contributed by atoms with Gasteiger partial charge in [-0.15, -0.1) is 0 Å². The predicted molar refractivity (Wildman–Crippen MR) is 256 cm³/mol. The number of esters is 2. The molecule has 59 heavy (non-hydrogen) atoms. The van der Waals surface area contributed by atoms with Gasteiger partial charge < -0.3 is 14.6 Å². The van der Waals surface area contributed by atoms with Gasteiger partial charge in [0.2, 0.25) is 0 Å². The van der Waals surface area contributed by atoms with E-state index in [0.717, 1.165) is 70.6 Å². The molecule has 0 saturated carbocycles. The van der Waals surface area contributed by atoms with Crippen LogP contribution in [0.1, 0.15) is 277 Å². The third kappa shape index (κ3) is 48.7. The summed E-state index contributed by atoms with van der Waals surface area (Å²) >= 11 is 0. The van der Waals surface area contributed by atoms with Crippen molar-refractivity contribution in [3.63, 3.8) is 0 Å². The lowest BCUT2D eigenvalue weighted by atomic mass is 10.0. The van der Waals surface area contributed by atoms with Gasteiger partial charge in [-0.1, -0.05) is 256 Å². The average molecular weight is 829 g/mol. The second-order valence-corrected chi connectivity index (χ2v) is 17.6. The van der Waals surface area contributed by atoms with Gasteiger partial charge in [-0.25, -0.2) is 0 Å². The summed E-state index contributed by atoms with van der Waals surface area (Å²) in [7, 11) is 0. The van der Waals surface area contributed by atoms with Crippen molar-refractivity contribution in [1.82, 2.24) is 0 Å². The molecule has 0 aromatic rings. The molecule has 0 saturated heterocycles. The molecule has 5 heteroatoms. The van der Waals surface area contributed by atoms with E-state index in [9.17, 15) is 14.7 Å². The number of hydrogen-bond donors (Lipinski definition) is 1. The number of aliphatic hydroxyl groups excluding tert-OH is 1. The molecule has 5 nitrogen and oxygen atoms in total. The number of rotatable bonds is 48. The van der Waals surface area contributed by atoms with E-state index in [2.05, 4.69) is 50.3 Å². The van der Waals surface area contributed by atoms with Gasteiger partial charge in [-0.05, 0) is 44.9 Å². The number of aliphatic hydroxyl groups is 1. The van der Waals surface area contributed by atoms with Crippen LogP contribution in [0.5, 0.6) is 0 Å². The van der Waals surface area contributed by atoms with Crippen molar-refractivity contribution >= 4 is 11.9 Å². The summed E-state index contributed by atoms with van der Waals surface area (Å²) in [5, 5.41) is 9.60. The summed E-state index contributed by atoms with van der Waals surface area (Å²) in [6, 6.07) is 0. The van der Waals surface area contributed by atoms with E-state index in [1.807, 2.05) is 0 Å². The number of carbonyl (C=O) groups is 2. The van der Waals surface area contributed by atoms with Gasteiger partial charge in [0.15, 0.2) is 6.10 Å². The van der Waals surface area contributed by atoms with Gasteiger partial charge in [0, 0.05) is 12.8 Å². The molecule has 1 N–H and O–H groups in total. The Morgan fingerprint density at radius 3 is 1.10 bits per heavy atom. The zero-order valence-electron chi connectivity index (χ0n) is 39.5. The molecule has 0 bridgehead atoms. The molecule has 0 aromatic carbocycles. The lowest BCUT2D eigenvalue weighted by Crippen LogP contribution is -2.28. The monoisotopic (exact) mass is 829 g/mol. The van der Waals surface area contributed by atoms with Crippen molar-refractivity contribution in [1.29, 1.82) is 0 Å². The van der Waals surface area contributed by atoms with Crippen molar-refractivity contribution in [3.8, 4) is 0 Å². The topological polar surface area (TPSA) is 72.8 Å². The van der Waals surface area contributed by atoms with Crippen molar-refractivity contribution in [2.45, 2.75) is 283 Å². The number of hydrogen-bond acceptors (Lipinski definition) is 5. The molecule has 0 aromatic heterocycles. The minimum absolute atomic E-state index is 0.0696. The van der Waals surface area contributed by atoms with Crippen molar-refractivity contribution in [2.75, 3.05) is 13.2 Å². The van der Waals surface area contributed by atoms with E-state index in [0.29, 0.717) is 12.8 Å². The quantitative estimate of drug-likeness (QED) is 0.0376. The molecule has 346 valence electrons. The Kier molecular flexibility index (Phi) is 48.9. The van der Waals surface area contributed by atoms with Crippen molar-refractivity contribution in [3.05, 3.63) is 36.5 Å². The summed E-state index contributed by atoms with van der Waals surface area (Å²) < 4.78 is 10.7. The molecule has 0 rings (SSSR count). The number of unbranched alkanes of at least 4 members (excludes halogenated alkanes) is 34. The molecule has 0 heterocycles. The van der Waals surface area contributed by atoms with Crippen LogP contribution in [-0.2, 0) is 19.1 Å². The van der Waals surface area contributed by atoms with Gasteiger partial charge >= 0.3 is 11.9 Å². The van der Waals surface area contributed by atoms with Gasteiger partial charge in [0.1, 0.15) is 6.61 Å². The van der Waals surface area contributed by atoms with Gasteiger partial charge in [0.25, 0.3) is 0 Å². The first-order valence-corrected chi connectivity index (χ1v) is 26.0. The fraction of sp³-hybridized carbons (Fsp3) is 0.852. The third-order valence-electron chi connectivity index (χ3n) is 11.7. The van der Waals surface area contributed by atoms with Gasteiger partial charge in [-0.2, -0.15) is 0 Å². The number of allylic oxidation sites excluding steroid dienone is 6. The summed E-state index contributed by atoms with van der Waals surface area (Å²) in [6.45, 7) is 4.05. The molecule has 1 unspecified atom stereocenters. The predicted octanol–water partition coefficient (Wildman–Crippen LogP) is 17.1. The van der Waals surface area contributed by atoms with Crippen LogP contribution in [0.25, 0.3) is 0 Å². The van der Waals surface area contributed by atoms with E-state index in [1.165, 1.54) is 180 Å². The first-order chi connectivity index (χ1) is 29.1. The smallest absolute Gasteiger partial charge is 0.306 e. The highest BCUT2D eigenvalue weighted by Crippen LogP contribution is 2.17. The zero-order valence-corrected chi connectivity index (χ0v) is 39.5. The van der Waals surface area contributed by atoms with Gasteiger partial charge in [0.05, 0.1) is 6.61 Å². The Bertz CT molecular complexity index is 939. The normalized spacial score (nSPS) is 12.4. The SMILES string of the molecule is CC/C=C\C/C=C\C/C=C\CCCCCCCC(=O)OC(CO)COC(=O)CCCCCCCCCCCCCCCCCCCCCCCCCCCCCCCC. The zero-order chi connectivity index (χ0) is 42.8. The molecular formula is C54H100O5. The van der Waals surface area contributed by atoms with E-state index >= 15 is 0 Å². The van der Waals surface area contributed by atoms with E-state index in [-0.39, 0.29) is 25.2 Å². The van der Waals surface area contributed by atoms with Crippen LogP contribution >= 0.6 is 0 Å². The number of ether oxygens (including phenoxy) is 2. The molecule has 0 amide bonds. The molecule has 0 aliphatic rings. The fourth-order valence-corrected chi connectivity index (χ4v) is 7.81. The molecule has 0 aliphatic heterocycles. The molecule has 0 radical (unpaired) electrons. The Hall–Kier alpha value is -1.88. The van der Waals surface area contributed by atoms with Gasteiger partial charge in [-0.3, -0.25) is 9.59 Å². The Morgan fingerprint density at radius 2 is 0.729 bits per heavy atom. The van der Waals surface area contributed by atoms with Crippen LogP contribution in [-0.4, -0.2) is 36.4 Å². The van der Waals surface area contributed by atoms with Crippen LogP contribution in [0.15, 0.2) is 36.5 Å². The van der Waals surface area contributed by atoms with Crippen LogP contribution in [0.3, 0.4) is 0 Å². The highest BCUT2D eigenvalue weighted by atomic mass is 16.6. The maximum absolute atomic E-state index is 12.2. The summed E-state index contributed by atoms with van der Waals surface area (Å²) in [6.07, 6.45) is 64.1. The summed E-state index contributed by atoms with van der Waals surface area (Å²) in [5.74, 6) is -0.599. The molecule has 0 spiro atoms. The second kappa shape index (κ2) is 50.5. The number of carbonyl (C=O) groups excluding carboxylic acids is 2. The van der Waals surface area contributed by atoms with Crippen molar-refractivity contribution < 1.29 is 24.2 Å².